The van der Waals surface area contributed by atoms with Crippen molar-refractivity contribution in [1.82, 2.24) is 4.98 Å². The number of nitrogens with one attached hydrogen (secondary N) is 1. The van der Waals surface area contributed by atoms with Gasteiger partial charge in [0, 0.05) is 40.5 Å². The predicted molar refractivity (Wildman–Crippen MR) is 135 cm³/mol. The van der Waals surface area contributed by atoms with Crippen molar-refractivity contribution in [1.29, 1.82) is 0 Å². The summed E-state index contributed by atoms with van der Waals surface area (Å²) in [6, 6.07) is 16.5. The fourth-order valence-electron chi connectivity index (χ4n) is 4.89. The highest BCUT2D eigenvalue weighted by Crippen LogP contribution is 2.47. The van der Waals surface area contributed by atoms with Crippen LogP contribution in [0.3, 0.4) is 0 Å². The predicted octanol–water partition coefficient (Wildman–Crippen LogP) is 4.54. The van der Waals surface area contributed by atoms with E-state index in [9.17, 15) is 14.7 Å². The molecule has 2 aliphatic rings. The lowest BCUT2D eigenvalue weighted by atomic mass is 9.94. The summed E-state index contributed by atoms with van der Waals surface area (Å²) in [6.45, 7) is 0.0702. The minimum atomic E-state index is -0.927. The van der Waals surface area contributed by atoms with E-state index in [0.717, 1.165) is 10.9 Å². The molecule has 4 aromatic rings. The van der Waals surface area contributed by atoms with E-state index >= 15 is 0 Å². The van der Waals surface area contributed by atoms with E-state index in [1.54, 1.807) is 42.6 Å². The highest BCUT2D eigenvalue weighted by molar-refractivity contribution is 6.52. The van der Waals surface area contributed by atoms with Gasteiger partial charge in [-0.2, -0.15) is 0 Å². The van der Waals surface area contributed by atoms with Crippen LogP contribution < -0.4 is 23.8 Å². The first kappa shape index (κ1) is 22.5. The molecule has 0 aliphatic carbocycles. The van der Waals surface area contributed by atoms with Gasteiger partial charge in [0.1, 0.15) is 17.3 Å². The van der Waals surface area contributed by atoms with E-state index in [1.807, 2.05) is 24.3 Å². The molecule has 1 fully saturated rings. The van der Waals surface area contributed by atoms with Crippen molar-refractivity contribution in [3.05, 3.63) is 83.6 Å². The summed E-state index contributed by atoms with van der Waals surface area (Å²) in [5, 5.41) is 12.4. The van der Waals surface area contributed by atoms with Gasteiger partial charge in [-0.25, -0.2) is 0 Å². The van der Waals surface area contributed by atoms with Crippen LogP contribution in [0.1, 0.15) is 17.2 Å². The van der Waals surface area contributed by atoms with Crippen LogP contribution >= 0.6 is 0 Å². The number of ketones is 1. The average Bonchev–Trinajstić information content (AvgIpc) is 3.64. The number of fused-ring (bicyclic) bond motifs is 2. The summed E-state index contributed by atoms with van der Waals surface area (Å²) in [7, 11) is 2.97. The number of methoxy groups -OCH3 is 2. The Morgan fingerprint density at radius 3 is 2.62 bits per heavy atom. The number of aliphatic hydroxyl groups excluding tert-OH is 1. The number of aromatic amines is 1. The van der Waals surface area contributed by atoms with Crippen molar-refractivity contribution in [2.45, 2.75) is 6.04 Å². The molecule has 3 heterocycles. The Bertz CT molecular complexity index is 1600. The van der Waals surface area contributed by atoms with Gasteiger partial charge in [0.2, 0.25) is 6.79 Å². The van der Waals surface area contributed by atoms with Gasteiger partial charge in [0.25, 0.3) is 11.7 Å². The maximum Gasteiger partial charge on any atom is 0.300 e. The number of Topliss-reactive ketones (excluding diaryl/α,β-unsaturated/α-hetero) is 1. The maximum absolute atomic E-state index is 13.6. The summed E-state index contributed by atoms with van der Waals surface area (Å²) in [4.78, 5) is 31.7. The molecule has 1 atom stereocenters. The molecule has 9 nitrogen and oxygen atoms in total. The first-order valence-corrected chi connectivity index (χ1v) is 11.5. The van der Waals surface area contributed by atoms with Crippen LogP contribution in [-0.2, 0) is 9.59 Å². The summed E-state index contributed by atoms with van der Waals surface area (Å²) in [6.07, 6.45) is 1.75. The number of anilines is 1. The van der Waals surface area contributed by atoms with Crippen molar-refractivity contribution in [2.24, 2.45) is 0 Å². The van der Waals surface area contributed by atoms with E-state index in [0.29, 0.717) is 34.2 Å². The zero-order valence-corrected chi connectivity index (χ0v) is 20.0. The third-order valence-electron chi connectivity index (χ3n) is 6.66. The summed E-state index contributed by atoms with van der Waals surface area (Å²) >= 11 is 0. The van der Waals surface area contributed by atoms with Crippen LogP contribution in [0, 0.1) is 0 Å². The summed E-state index contributed by atoms with van der Waals surface area (Å²) in [5.74, 6) is -0.116. The Morgan fingerprint density at radius 2 is 1.81 bits per heavy atom. The van der Waals surface area contributed by atoms with E-state index in [1.165, 1.54) is 19.1 Å². The standard InChI is InChI=1S/C28H22N2O7/c1-34-16-8-9-18(22(12-16)35-2)26(31)24-25(19-13-29-20-6-4-3-5-17(19)20)30(28(33)27(24)32)15-7-10-21-23(11-15)37-14-36-21/h3-13,25,29,31H,14H2,1-2H3/b26-24+. The van der Waals surface area contributed by atoms with Gasteiger partial charge >= 0.3 is 0 Å². The molecular formula is C28H22N2O7. The molecular weight excluding hydrogens is 476 g/mol. The second-order valence-corrected chi connectivity index (χ2v) is 8.56. The minimum absolute atomic E-state index is 0.0594. The van der Waals surface area contributed by atoms with Crippen LogP contribution in [0.4, 0.5) is 5.69 Å². The van der Waals surface area contributed by atoms with Crippen LogP contribution in [0.25, 0.3) is 16.7 Å². The number of para-hydroxylation sites is 1. The van der Waals surface area contributed by atoms with Gasteiger partial charge in [-0.3, -0.25) is 14.5 Å². The monoisotopic (exact) mass is 498 g/mol. The Hall–Kier alpha value is -4.92. The number of carbonyl (C=O) groups is 2. The number of hydrogen-bond acceptors (Lipinski definition) is 7. The summed E-state index contributed by atoms with van der Waals surface area (Å²) < 4.78 is 21.7. The molecule has 1 amide bonds. The molecule has 37 heavy (non-hydrogen) atoms. The Kier molecular flexibility index (Phi) is 5.26. The molecule has 3 aromatic carbocycles. The average molecular weight is 498 g/mol. The second kappa shape index (κ2) is 8.63. The molecule has 186 valence electrons. The Labute approximate surface area is 211 Å². The van der Waals surface area contributed by atoms with Crippen LogP contribution in [0.5, 0.6) is 23.0 Å². The molecule has 0 saturated carbocycles. The van der Waals surface area contributed by atoms with E-state index in [2.05, 4.69) is 4.98 Å². The van der Waals surface area contributed by atoms with Gasteiger partial charge in [-0.05, 0) is 30.3 Å². The van der Waals surface area contributed by atoms with Gasteiger partial charge in [-0.1, -0.05) is 18.2 Å². The number of aliphatic hydroxyl groups is 1. The minimum Gasteiger partial charge on any atom is -0.507 e. The second-order valence-electron chi connectivity index (χ2n) is 8.56. The molecule has 1 aromatic heterocycles. The maximum atomic E-state index is 13.6. The SMILES string of the molecule is COc1ccc(/C(O)=C2\C(=O)C(=O)N(c3ccc4c(c3)OCO4)C2c2c[nH]c3ccccc23)c(OC)c1. The van der Waals surface area contributed by atoms with Crippen molar-refractivity contribution < 1.29 is 33.6 Å². The largest absolute Gasteiger partial charge is 0.507 e. The third-order valence-corrected chi connectivity index (χ3v) is 6.66. The van der Waals surface area contributed by atoms with Crippen LogP contribution in [0.2, 0.25) is 0 Å². The van der Waals surface area contributed by atoms with Gasteiger partial charge < -0.3 is 29.0 Å². The quantitative estimate of drug-likeness (QED) is 0.236. The first-order valence-electron chi connectivity index (χ1n) is 11.5. The fourth-order valence-corrected chi connectivity index (χ4v) is 4.89. The van der Waals surface area contributed by atoms with Gasteiger partial charge in [-0.15, -0.1) is 0 Å². The number of aromatic nitrogens is 1. The normalized spacial score (nSPS) is 18.0. The third kappa shape index (κ3) is 3.47. The Morgan fingerprint density at radius 1 is 1.00 bits per heavy atom. The van der Waals surface area contributed by atoms with Crippen LogP contribution in [0.15, 0.2) is 72.4 Å². The highest BCUT2D eigenvalue weighted by Gasteiger charge is 2.48. The molecule has 2 N–H and O–H groups in total. The van der Waals surface area contributed by atoms with Crippen LogP contribution in [-0.4, -0.2) is 42.8 Å². The number of amides is 1. The lowest BCUT2D eigenvalue weighted by Crippen LogP contribution is -2.29. The molecule has 0 radical (unpaired) electrons. The molecule has 6 rings (SSSR count). The van der Waals surface area contributed by atoms with Gasteiger partial charge in [0.15, 0.2) is 11.5 Å². The number of H-pyrrole nitrogens is 1. The number of ether oxygens (including phenoxy) is 4. The number of nitrogens with zero attached hydrogens (tertiary/aromatic N) is 1. The van der Waals surface area contributed by atoms with E-state index in [4.69, 9.17) is 18.9 Å². The molecule has 0 bridgehead atoms. The number of carbonyl (C=O) groups excluding carboxylic acids is 2. The van der Waals surface area contributed by atoms with E-state index in [-0.39, 0.29) is 23.7 Å². The zero-order chi connectivity index (χ0) is 25.7. The number of rotatable bonds is 5. The fraction of sp³-hybridized carbons (Fsp3) is 0.143. The molecule has 0 spiro atoms. The van der Waals surface area contributed by atoms with E-state index < -0.39 is 17.7 Å². The summed E-state index contributed by atoms with van der Waals surface area (Å²) in [5.41, 5.74) is 2.12. The Balaban J connectivity index is 1.60. The smallest absolute Gasteiger partial charge is 0.300 e. The molecule has 9 heteroatoms. The molecule has 1 saturated heterocycles. The topological polar surface area (TPSA) is 110 Å². The first-order chi connectivity index (χ1) is 18.0. The van der Waals surface area contributed by atoms with Gasteiger partial charge in [0.05, 0.1) is 31.4 Å². The molecule has 2 aliphatic heterocycles. The van der Waals surface area contributed by atoms with Crippen molar-refractivity contribution in [3.63, 3.8) is 0 Å². The zero-order valence-electron chi connectivity index (χ0n) is 20.0. The van der Waals surface area contributed by atoms with Crippen molar-refractivity contribution >= 4 is 34.0 Å². The number of hydrogen-bond donors (Lipinski definition) is 2. The lowest BCUT2D eigenvalue weighted by Gasteiger charge is -2.25. The van der Waals surface area contributed by atoms with Crippen molar-refractivity contribution in [2.75, 3.05) is 25.9 Å². The van der Waals surface area contributed by atoms with Crippen molar-refractivity contribution in [3.8, 4) is 23.0 Å². The molecule has 1 unspecified atom stereocenters. The highest BCUT2D eigenvalue weighted by atomic mass is 16.7. The lowest BCUT2D eigenvalue weighted by molar-refractivity contribution is -0.132. The number of benzene rings is 3.